The first kappa shape index (κ1) is 10.4. The molecule has 0 aliphatic carbocycles. The van der Waals surface area contributed by atoms with Gasteiger partial charge in [-0.3, -0.25) is 4.98 Å². The first-order valence-corrected chi connectivity index (χ1v) is 5.63. The van der Waals surface area contributed by atoms with Crippen molar-refractivity contribution in [2.75, 3.05) is 25.0 Å². The van der Waals surface area contributed by atoms with Crippen molar-refractivity contribution in [3.63, 3.8) is 0 Å². The molecule has 1 aliphatic heterocycles. The second kappa shape index (κ2) is 4.62. The maximum atomic E-state index is 4.23. The van der Waals surface area contributed by atoms with Gasteiger partial charge in [0.1, 0.15) is 0 Å². The van der Waals surface area contributed by atoms with Gasteiger partial charge in [-0.25, -0.2) is 0 Å². The Balaban J connectivity index is 2.08. The minimum atomic E-state index is 0.626. The maximum Gasteiger partial charge on any atom is 0.0411 e. The van der Waals surface area contributed by atoms with Crippen molar-refractivity contribution < 1.29 is 0 Å². The highest BCUT2D eigenvalue weighted by molar-refractivity contribution is 5.46. The number of nitrogens with zero attached hydrogens (tertiary/aromatic N) is 2. The van der Waals surface area contributed by atoms with E-state index in [2.05, 4.69) is 34.4 Å². The van der Waals surface area contributed by atoms with Crippen molar-refractivity contribution in [3.05, 3.63) is 24.0 Å². The van der Waals surface area contributed by atoms with E-state index >= 15 is 0 Å². The average molecular weight is 205 g/mol. The Kier molecular flexibility index (Phi) is 3.21. The molecule has 3 nitrogen and oxygen atoms in total. The molecule has 0 spiro atoms. The van der Waals surface area contributed by atoms with E-state index in [1.807, 2.05) is 13.1 Å². The van der Waals surface area contributed by atoms with Crippen LogP contribution in [-0.2, 0) is 0 Å². The van der Waals surface area contributed by atoms with Crippen molar-refractivity contribution in [2.24, 2.45) is 0 Å². The lowest BCUT2D eigenvalue weighted by Gasteiger charge is -2.33. The molecule has 1 aliphatic rings. The zero-order chi connectivity index (χ0) is 10.7. The van der Waals surface area contributed by atoms with Crippen molar-refractivity contribution in [2.45, 2.75) is 25.8 Å². The largest absolute Gasteiger partial charge is 0.370 e. The van der Waals surface area contributed by atoms with Gasteiger partial charge in [0.15, 0.2) is 0 Å². The van der Waals surface area contributed by atoms with Gasteiger partial charge in [-0.15, -0.1) is 0 Å². The van der Waals surface area contributed by atoms with Gasteiger partial charge >= 0.3 is 0 Å². The van der Waals surface area contributed by atoms with E-state index in [9.17, 15) is 0 Å². The first-order valence-electron chi connectivity index (χ1n) is 5.63. The predicted molar refractivity (Wildman–Crippen MR) is 63.3 cm³/mol. The Labute approximate surface area is 91.5 Å². The van der Waals surface area contributed by atoms with Crippen LogP contribution in [0.15, 0.2) is 18.3 Å². The van der Waals surface area contributed by atoms with Crippen LogP contribution < -0.4 is 10.2 Å². The topological polar surface area (TPSA) is 28.2 Å². The van der Waals surface area contributed by atoms with E-state index in [1.165, 1.54) is 25.1 Å². The molecule has 82 valence electrons. The number of rotatable bonds is 2. The van der Waals surface area contributed by atoms with Crippen LogP contribution >= 0.6 is 0 Å². The van der Waals surface area contributed by atoms with E-state index in [0.29, 0.717) is 6.04 Å². The lowest BCUT2D eigenvalue weighted by molar-refractivity contribution is 0.445. The molecule has 1 aromatic heterocycles. The summed E-state index contributed by atoms with van der Waals surface area (Å²) in [6.07, 6.45) is 4.45. The normalized spacial score (nSPS) is 21.3. The maximum absolute atomic E-state index is 4.23. The molecule has 0 aromatic carbocycles. The Morgan fingerprint density at radius 3 is 3.07 bits per heavy atom. The summed E-state index contributed by atoms with van der Waals surface area (Å²) in [5.74, 6) is 0. The molecular formula is C12H19N3. The number of pyridine rings is 1. The number of anilines is 1. The molecule has 0 radical (unpaired) electrons. The summed E-state index contributed by atoms with van der Waals surface area (Å²) in [6.45, 7) is 4.30. The van der Waals surface area contributed by atoms with E-state index in [-0.39, 0.29) is 0 Å². The lowest BCUT2D eigenvalue weighted by Crippen LogP contribution is -2.44. The van der Waals surface area contributed by atoms with Gasteiger partial charge in [0.05, 0.1) is 0 Å². The van der Waals surface area contributed by atoms with Crippen LogP contribution in [-0.4, -0.2) is 31.2 Å². The van der Waals surface area contributed by atoms with Crippen LogP contribution in [0.4, 0.5) is 5.69 Å². The van der Waals surface area contributed by atoms with E-state index in [1.54, 1.807) is 0 Å². The molecule has 1 unspecified atom stereocenters. The van der Waals surface area contributed by atoms with Crippen molar-refractivity contribution >= 4 is 5.69 Å². The summed E-state index contributed by atoms with van der Waals surface area (Å²) in [6, 6.07) is 4.86. The summed E-state index contributed by atoms with van der Waals surface area (Å²) in [5, 5.41) is 3.44. The molecular weight excluding hydrogens is 186 g/mol. The molecule has 1 N–H and O–H groups in total. The molecule has 1 saturated heterocycles. The summed E-state index contributed by atoms with van der Waals surface area (Å²) >= 11 is 0. The zero-order valence-corrected chi connectivity index (χ0v) is 9.53. The molecule has 0 bridgehead atoms. The fourth-order valence-electron chi connectivity index (χ4n) is 2.12. The molecule has 2 rings (SSSR count). The highest BCUT2D eigenvalue weighted by atomic mass is 15.2. The number of nitrogens with one attached hydrogen (secondary N) is 1. The first-order chi connectivity index (χ1) is 7.27. The number of hydrogen-bond acceptors (Lipinski definition) is 3. The summed E-state index contributed by atoms with van der Waals surface area (Å²) < 4.78 is 0. The van der Waals surface area contributed by atoms with E-state index in [0.717, 1.165) is 12.2 Å². The summed E-state index contributed by atoms with van der Waals surface area (Å²) in [5.41, 5.74) is 2.36. The van der Waals surface area contributed by atoms with Crippen molar-refractivity contribution in [1.29, 1.82) is 0 Å². The number of aromatic nitrogens is 1. The van der Waals surface area contributed by atoms with Crippen LogP contribution in [0, 0.1) is 6.92 Å². The molecule has 0 amide bonds. The monoisotopic (exact) mass is 205 g/mol. The van der Waals surface area contributed by atoms with Crippen LogP contribution in [0.25, 0.3) is 0 Å². The van der Waals surface area contributed by atoms with Crippen LogP contribution in [0.5, 0.6) is 0 Å². The molecule has 2 heterocycles. The molecule has 15 heavy (non-hydrogen) atoms. The minimum absolute atomic E-state index is 0.626. The Morgan fingerprint density at radius 2 is 2.40 bits per heavy atom. The van der Waals surface area contributed by atoms with Crippen LogP contribution in [0.1, 0.15) is 18.5 Å². The third kappa shape index (κ3) is 2.48. The van der Waals surface area contributed by atoms with Crippen LogP contribution in [0.3, 0.4) is 0 Å². The smallest absolute Gasteiger partial charge is 0.0411 e. The fourth-order valence-corrected chi connectivity index (χ4v) is 2.12. The third-order valence-corrected chi connectivity index (χ3v) is 3.11. The summed E-state index contributed by atoms with van der Waals surface area (Å²) in [4.78, 5) is 6.59. The molecule has 1 atom stereocenters. The van der Waals surface area contributed by atoms with Gasteiger partial charge in [0, 0.05) is 37.2 Å². The van der Waals surface area contributed by atoms with E-state index in [4.69, 9.17) is 0 Å². The average Bonchev–Trinajstić information content (AvgIpc) is 2.29. The molecule has 0 saturated carbocycles. The second-order valence-electron chi connectivity index (χ2n) is 4.27. The SMILES string of the molecule is Cc1cc(N(C)C2CCCNC2)ccn1. The highest BCUT2D eigenvalue weighted by Crippen LogP contribution is 2.18. The third-order valence-electron chi connectivity index (χ3n) is 3.11. The van der Waals surface area contributed by atoms with Gasteiger partial charge in [-0.05, 0) is 38.4 Å². The summed E-state index contributed by atoms with van der Waals surface area (Å²) in [7, 11) is 2.17. The van der Waals surface area contributed by atoms with Gasteiger partial charge in [0.2, 0.25) is 0 Å². The van der Waals surface area contributed by atoms with Gasteiger partial charge < -0.3 is 10.2 Å². The zero-order valence-electron chi connectivity index (χ0n) is 9.53. The minimum Gasteiger partial charge on any atom is -0.370 e. The predicted octanol–water partition coefficient (Wildman–Crippen LogP) is 1.58. The number of hydrogen-bond donors (Lipinski definition) is 1. The fraction of sp³-hybridized carbons (Fsp3) is 0.583. The lowest BCUT2D eigenvalue weighted by atomic mass is 10.1. The van der Waals surface area contributed by atoms with Gasteiger partial charge in [-0.1, -0.05) is 0 Å². The quantitative estimate of drug-likeness (QED) is 0.794. The van der Waals surface area contributed by atoms with Gasteiger partial charge in [-0.2, -0.15) is 0 Å². The van der Waals surface area contributed by atoms with Crippen LogP contribution in [0.2, 0.25) is 0 Å². The number of aryl methyl sites for hydroxylation is 1. The van der Waals surface area contributed by atoms with Gasteiger partial charge in [0.25, 0.3) is 0 Å². The molecule has 1 aromatic rings. The van der Waals surface area contributed by atoms with Crippen molar-refractivity contribution in [1.82, 2.24) is 10.3 Å². The number of piperidine rings is 1. The Bertz CT molecular complexity index is 318. The van der Waals surface area contributed by atoms with Crippen molar-refractivity contribution in [3.8, 4) is 0 Å². The highest BCUT2D eigenvalue weighted by Gasteiger charge is 2.17. The molecule has 3 heteroatoms. The molecule has 1 fully saturated rings. The van der Waals surface area contributed by atoms with E-state index < -0.39 is 0 Å². The Hall–Kier alpha value is -1.09. The Morgan fingerprint density at radius 1 is 1.53 bits per heavy atom. The number of likely N-dealkylation sites (N-methyl/N-ethyl adjacent to an activating group) is 1. The second-order valence-corrected chi connectivity index (χ2v) is 4.27. The standard InChI is InChI=1S/C12H19N3/c1-10-8-11(5-7-14-10)15(2)12-4-3-6-13-9-12/h5,7-8,12-13H,3-4,6,9H2,1-2H3.